The van der Waals surface area contributed by atoms with E-state index in [1.807, 2.05) is 6.07 Å². The molecule has 1 amide bonds. The number of carbonyl (C=O) groups excluding carboxylic acids is 3. The maximum Gasteiger partial charge on any atom is 0.335 e. The van der Waals surface area contributed by atoms with Crippen molar-refractivity contribution < 1.29 is 42.9 Å². The number of amidine groups is 1. The number of aliphatic carboxylic acids is 1. The zero-order valence-electron chi connectivity index (χ0n) is 29.7. The minimum atomic E-state index is -1.05. The summed E-state index contributed by atoms with van der Waals surface area (Å²) in [6.07, 6.45) is 8.68. The predicted octanol–water partition coefficient (Wildman–Crippen LogP) is 2.79. The van der Waals surface area contributed by atoms with Gasteiger partial charge in [-0.25, -0.2) is 9.79 Å². The fourth-order valence-corrected chi connectivity index (χ4v) is 10.8. The standard InChI is InChI=1S/C37H52N4O10/c1-20(43)49-31-30(21-6-11-29(46)48-19-21)36(3)15-13-25-26(37(36)32(31)51-37)9-7-22-17-24(12-14-35(22,25)2)50-34(39)40-16-4-5-27(38)33(47)41-23(18-42)8-10-28(44)45/h6,11,18-19,22-27,30-32H,4-5,7-10,12-17,38H2,1-3H3,(H2,39,40)(H,41,47)(H,44,45)/t22-,23+,24+,25?,26-,27-,30+,31+,32+,35+,36-,37-/m1/s1. The van der Waals surface area contributed by atoms with E-state index in [1.54, 1.807) is 0 Å². The monoisotopic (exact) mass is 712 g/mol. The van der Waals surface area contributed by atoms with Crippen LogP contribution >= 0.6 is 0 Å². The van der Waals surface area contributed by atoms with E-state index in [4.69, 9.17) is 35.2 Å². The molecular formula is C37H52N4O10. The van der Waals surface area contributed by atoms with Crippen LogP contribution in [0.25, 0.3) is 0 Å². The number of aliphatic imine (C=N–C) groups is 1. The first-order valence-electron chi connectivity index (χ1n) is 18.4. The number of nitrogens with one attached hydrogen (secondary N) is 1. The van der Waals surface area contributed by atoms with Crippen LogP contribution < -0.4 is 22.4 Å². The number of epoxide rings is 1. The topological polar surface area (TPSA) is 226 Å². The van der Waals surface area contributed by atoms with Crippen LogP contribution in [0.3, 0.4) is 0 Å². The molecule has 1 unspecified atom stereocenters. The Balaban J connectivity index is 1.04. The van der Waals surface area contributed by atoms with Crippen LogP contribution in [0, 0.1) is 28.6 Å². The van der Waals surface area contributed by atoms with Crippen molar-refractivity contribution in [1.29, 1.82) is 0 Å². The largest absolute Gasteiger partial charge is 0.481 e. The summed E-state index contributed by atoms with van der Waals surface area (Å²) in [5.74, 6) is -0.792. The molecule has 51 heavy (non-hydrogen) atoms. The fourth-order valence-electron chi connectivity index (χ4n) is 10.8. The van der Waals surface area contributed by atoms with Gasteiger partial charge in [0, 0.05) is 37.3 Å². The zero-order chi connectivity index (χ0) is 36.7. The lowest BCUT2D eigenvalue weighted by molar-refractivity contribution is -0.157. The average Bonchev–Trinajstić information content (AvgIpc) is 3.79. The van der Waals surface area contributed by atoms with E-state index in [0.29, 0.717) is 43.4 Å². The van der Waals surface area contributed by atoms with Crippen LogP contribution in [0.1, 0.15) is 103 Å². The van der Waals surface area contributed by atoms with Crippen LogP contribution in [-0.2, 0) is 33.4 Å². The first-order chi connectivity index (χ1) is 24.2. The molecular weight excluding hydrogens is 660 g/mol. The molecule has 6 rings (SSSR count). The van der Waals surface area contributed by atoms with Crippen molar-refractivity contribution in [3.63, 3.8) is 0 Å². The van der Waals surface area contributed by atoms with Gasteiger partial charge in [0.15, 0.2) is 0 Å². The number of amides is 1. The Morgan fingerprint density at radius 2 is 1.90 bits per heavy atom. The van der Waals surface area contributed by atoms with Gasteiger partial charge in [0.25, 0.3) is 6.02 Å². The number of hydrogen-bond donors (Lipinski definition) is 4. The Labute approximate surface area is 297 Å². The number of hydrogen-bond acceptors (Lipinski definition) is 11. The molecule has 4 aliphatic carbocycles. The van der Waals surface area contributed by atoms with Gasteiger partial charge in [-0.3, -0.25) is 14.4 Å². The fraction of sp³-hybridized carbons (Fsp3) is 0.730. The minimum absolute atomic E-state index is 0.00304. The summed E-state index contributed by atoms with van der Waals surface area (Å²) in [6.45, 7) is 6.48. The number of carboxylic acids is 1. The smallest absolute Gasteiger partial charge is 0.335 e. The molecule has 1 aromatic rings. The van der Waals surface area contributed by atoms with Crippen LogP contribution in [0.15, 0.2) is 32.6 Å². The number of nitrogens with two attached hydrogens (primary N) is 2. The minimum Gasteiger partial charge on any atom is -0.481 e. The molecule has 1 spiro atoms. The van der Waals surface area contributed by atoms with Crippen LogP contribution in [-0.4, -0.2) is 77.8 Å². The number of carbonyl (C=O) groups is 4. The van der Waals surface area contributed by atoms with Crippen molar-refractivity contribution in [2.75, 3.05) is 6.54 Å². The van der Waals surface area contributed by atoms with Gasteiger partial charge in [-0.1, -0.05) is 13.8 Å². The number of fused-ring (bicyclic) bond motifs is 3. The predicted molar refractivity (Wildman–Crippen MR) is 183 cm³/mol. The molecule has 14 nitrogen and oxygen atoms in total. The Morgan fingerprint density at radius 1 is 1.12 bits per heavy atom. The first-order valence-corrected chi connectivity index (χ1v) is 18.4. The molecule has 14 heteroatoms. The molecule has 1 saturated heterocycles. The normalized spacial score (nSPS) is 37.7. The summed E-state index contributed by atoms with van der Waals surface area (Å²) < 4.78 is 24.2. The summed E-state index contributed by atoms with van der Waals surface area (Å²) in [4.78, 5) is 62.8. The molecule has 1 aromatic heterocycles. The van der Waals surface area contributed by atoms with Gasteiger partial charge in [-0.05, 0) is 99.0 Å². The van der Waals surface area contributed by atoms with Crippen molar-refractivity contribution in [3.8, 4) is 0 Å². The van der Waals surface area contributed by atoms with Crippen molar-refractivity contribution in [1.82, 2.24) is 5.32 Å². The Morgan fingerprint density at radius 3 is 2.59 bits per heavy atom. The highest BCUT2D eigenvalue weighted by Crippen LogP contribution is 2.78. The van der Waals surface area contributed by atoms with Gasteiger partial charge in [0.05, 0.1) is 18.3 Å². The number of nitrogens with zero attached hydrogens (tertiary/aromatic N) is 1. The number of carboxylic acid groups (broad SMARTS) is 1. The summed E-state index contributed by atoms with van der Waals surface area (Å²) in [6, 6.07) is 1.61. The van der Waals surface area contributed by atoms with Crippen LogP contribution in [0.5, 0.6) is 0 Å². The van der Waals surface area contributed by atoms with E-state index >= 15 is 0 Å². The molecule has 0 aromatic carbocycles. The van der Waals surface area contributed by atoms with Gasteiger partial charge in [-0.2, -0.15) is 0 Å². The van der Waals surface area contributed by atoms with Crippen molar-refractivity contribution in [3.05, 3.63) is 34.4 Å². The van der Waals surface area contributed by atoms with Crippen LogP contribution in [0.2, 0.25) is 0 Å². The van der Waals surface area contributed by atoms with E-state index in [1.165, 1.54) is 19.3 Å². The number of esters is 1. The lowest BCUT2D eigenvalue weighted by Gasteiger charge is -2.61. The SMILES string of the molecule is CC(=O)O[C@@H]1[C@@H]2O[C@]23[C@@H]2CC[C@@H]4C[C@@H](OC(N)=NCCC[C@@H](N)C(=O)N[C@H](C=O)CCC(=O)O)CC[C@]4(C)C2CC[C@]3(C)[C@H]1c1ccc(=O)oc1. The van der Waals surface area contributed by atoms with Crippen molar-refractivity contribution in [2.45, 2.75) is 133 Å². The summed E-state index contributed by atoms with van der Waals surface area (Å²) >= 11 is 0. The highest BCUT2D eigenvalue weighted by atomic mass is 16.7. The Kier molecular flexibility index (Phi) is 10.4. The third-order valence-corrected chi connectivity index (χ3v) is 13.2. The Bertz CT molecular complexity index is 1580. The van der Waals surface area contributed by atoms with Gasteiger partial charge >= 0.3 is 17.6 Å². The van der Waals surface area contributed by atoms with Gasteiger partial charge < -0.3 is 45.3 Å². The van der Waals surface area contributed by atoms with E-state index in [0.717, 1.165) is 50.5 Å². The Hall–Kier alpha value is -3.78. The van der Waals surface area contributed by atoms with E-state index in [-0.39, 0.29) is 53.8 Å². The maximum absolute atomic E-state index is 12.3. The van der Waals surface area contributed by atoms with Gasteiger partial charge in [-0.15, -0.1) is 0 Å². The van der Waals surface area contributed by atoms with Crippen molar-refractivity contribution in [2.24, 2.45) is 45.0 Å². The molecule has 280 valence electrons. The number of rotatable bonds is 13. The first kappa shape index (κ1) is 37.0. The third kappa shape index (κ3) is 6.81. The maximum atomic E-state index is 12.3. The molecule has 2 heterocycles. The third-order valence-electron chi connectivity index (χ3n) is 13.2. The lowest BCUT2D eigenvalue weighted by Crippen LogP contribution is -2.58. The van der Waals surface area contributed by atoms with Crippen LogP contribution in [0.4, 0.5) is 0 Å². The zero-order valence-corrected chi connectivity index (χ0v) is 29.7. The number of aldehydes is 1. The lowest BCUT2D eigenvalue weighted by atomic mass is 9.44. The second kappa shape index (κ2) is 14.3. The molecule has 0 radical (unpaired) electrons. The molecule has 12 atom stereocenters. The second-order valence-electron chi connectivity index (χ2n) is 15.9. The highest BCUT2D eigenvalue weighted by molar-refractivity contribution is 5.84. The molecule has 5 fully saturated rings. The van der Waals surface area contributed by atoms with Gasteiger partial charge in [0.2, 0.25) is 5.91 Å². The van der Waals surface area contributed by atoms with E-state index in [9.17, 15) is 24.0 Å². The molecule has 4 saturated carbocycles. The summed E-state index contributed by atoms with van der Waals surface area (Å²) in [7, 11) is 0. The molecule has 6 N–H and O–H groups in total. The summed E-state index contributed by atoms with van der Waals surface area (Å²) in [5, 5.41) is 11.3. The average molecular weight is 713 g/mol. The van der Waals surface area contributed by atoms with Gasteiger partial charge in [0.1, 0.15) is 30.2 Å². The molecule has 0 bridgehead atoms. The van der Waals surface area contributed by atoms with E-state index in [2.05, 4.69) is 24.2 Å². The quantitative estimate of drug-likeness (QED) is 0.0578. The number of ether oxygens (including phenoxy) is 3. The van der Waals surface area contributed by atoms with E-state index < -0.39 is 41.3 Å². The highest BCUT2D eigenvalue weighted by Gasteiger charge is 2.84. The van der Waals surface area contributed by atoms with Crippen molar-refractivity contribution >= 4 is 30.2 Å². The molecule has 5 aliphatic rings. The second-order valence-corrected chi connectivity index (χ2v) is 15.9. The summed E-state index contributed by atoms with van der Waals surface area (Å²) in [5.41, 5.74) is 12.1. The molecule has 1 aliphatic heterocycles.